The van der Waals surface area contributed by atoms with Gasteiger partial charge in [0.1, 0.15) is 0 Å². The number of unbranched alkanes of at least 4 members (excludes halogenated alkanes) is 2. The minimum absolute atomic E-state index is 0.0402. The highest BCUT2D eigenvalue weighted by Gasteiger charge is 2.05. The minimum atomic E-state index is -0.129. The Morgan fingerprint density at radius 2 is 1.95 bits per heavy atom. The van der Waals surface area contributed by atoms with Crippen molar-refractivity contribution in [1.82, 2.24) is 0 Å². The lowest BCUT2D eigenvalue weighted by Gasteiger charge is -2.05. The minimum Gasteiger partial charge on any atom is -0.466 e. The van der Waals surface area contributed by atoms with Gasteiger partial charge < -0.3 is 4.74 Å². The SMILES string of the molecule is CC(Cl)CCC(=O)OCCCCCc1ccccc1. The molecule has 0 saturated heterocycles. The summed E-state index contributed by atoms with van der Waals surface area (Å²) in [7, 11) is 0. The molecule has 0 N–H and O–H groups in total. The van der Waals surface area contributed by atoms with Crippen LogP contribution in [0.3, 0.4) is 0 Å². The molecule has 0 aliphatic heterocycles. The Morgan fingerprint density at radius 3 is 2.63 bits per heavy atom. The predicted octanol–water partition coefficient (Wildman–Crippen LogP) is 4.35. The standard InChI is InChI=1S/C16H23ClO2/c1-14(17)11-12-16(18)19-13-7-3-6-10-15-8-4-2-5-9-15/h2,4-5,8-9,14H,3,6-7,10-13H2,1H3. The Balaban J connectivity index is 1.95. The van der Waals surface area contributed by atoms with Gasteiger partial charge in [-0.2, -0.15) is 0 Å². The van der Waals surface area contributed by atoms with Gasteiger partial charge in [-0.3, -0.25) is 4.79 Å². The summed E-state index contributed by atoms with van der Waals surface area (Å²) in [6.07, 6.45) is 5.38. The lowest BCUT2D eigenvalue weighted by Crippen LogP contribution is -2.07. The second-order valence-electron chi connectivity index (χ2n) is 4.84. The summed E-state index contributed by atoms with van der Waals surface area (Å²) in [5.41, 5.74) is 1.37. The zero-order valence-corrected chi connectivity index (χ0v) is 12.4. The number of rotatable bonds is 9. The number of hydrogen-bond donors (Lipinski definition) is 0. The molecule has 0 aliphatic rings. The Morgan fingerprint density at radius 1 is 1.21 bits per heavy atom. The Kier molecular flexibility index (Phi) is 8.31. The fraction of sp³-hybridized carbons (Fsp3) is 0.562. The van der Waals surface area contributed by atoms with E-state index in [-0.39, 0.29) is 11.3 Å². The Hall–Kier alpha value is -1.02. The van der Waals surface area contributed by atoms with Gasteiger partial charge in [-0.15, -0.1) is 11.6 Å². The van der Waals surface area contributed by atoms with Crippen LogP contribution in [0.5, 0.6) is 0 Å². The quantitative estimate of drug-likeness (QED) is 0.382. The van der Waals surface area contributed by atoms with Crippen LogP contribution in [0.2, 0.25) is 0 Å². The van der Waals surface area contributed by atoms with E-state index in [0.29, 0.717) is 19.4 Å². The van der Waals surface area contributed by atoms with Crippen LogP contribution in [0.15, 0.2) is 30.3 Å². The normalized spacial score (nSPS) is 12.1. The zero-order chi connectivity index (χ0) is 13.9. The zero-order valence-electron chi connectivity index (χ0n) is 11.6. The third kappa shape index (κ3) is 8.66. The summed E-state index contributed by atoms with van der Waals surface area (Å²) in [6.45, 7) is 2.42. The molecule has 2 nitrogen and oxygen atoms in total. The number of halogens is 1. The molecule has 0 saturated carbocycles. The van der Waals surface area contributed by atoms with E-state index < -0.39 is 0 Å². The van der Waals surface area contributed by atoms with Gasteiger partial charge in [0, 0.05) is 11.8 Å². The van der Waals surface area contributed by atoms with Crippen LogP contribution in [0.1, 0.15) is 44.6 Å². The van der Waals surface area contributed by atoms with Crippen LogP contribution in [0.25, 0.3) is 0 Å². The van der Waals surface area contributed by atoms with Crippen molar-refractivity contribution in [3.63, 3.8) is 0 Å². The maximum absolute atomic E-state index is 11.3. The van der Waals surface area contributed by atoms with E-state index >= 15 is 0 Å². The van der Waals surface area contributed by atoms with Crippen molar-refractivity contribution in [2.24, 2.45) is 0 Å². The molecule has 1 atom stereocenters. The summed E-state index contributed by atoms with van der Waals surface area (Å²) in [4.78, 5) is 11.3. The van der Waals surface area contributed by atoms with Gasteiger partial charge in [0.2, 0.25) is 0 Å². The highest BCUT2D eigenvalue weighted by atomic mass is 35.5. The number of carbonyl (C=O) groups excluding carboxylic acids is 1. The largest absolute Gasteiger partial charge is 0.466 e. The summed E-state index contributed by atoms with van der Waals surface area (Å²) in [6, 6.07) is 10.5. The van der Waals surface area contributed by atoms with Crippen molar-refractivity contribution in [2.75, 3.05) is 6.61 Å². The molecule has 0 bridgehead atoms. The highest BCUT2D eigenvalue weighted by molar-refractivity contribution is 6.20. The molecule has 1 unspecified atom stereocenters. The molecule has 1 aromatic rings. The molecule has 106 valence electrons. The van der Waals surface area contributed by atoms with Crippen molar-refractivity contribution < 1.29 is 9.53 Å². The van der Waals surface area contributed by atoms with Crippen molar-refractivity contribution in [1.29, 1.82) is 0 Å². The summed E-state index contributed by atoms with van der Waals surface area (Å²) in [5, 5.41) is 0.0402. The van der Waals surface area contributed by atoms with Gasteiger partial charge in [-0.05, 0) is 44.6 Å². The van der Waals surface area contributed by atoms with Crippen LogP contribution < -0.4 is 0 Å². The average molecular weight is 283 g/mol. The molecule has 3 heteroatoms. The van der Waals surface area contributed by atoms with E-state index in [0.717, 1.165) is 25.7 Å². The van der Waals surface area contributed by atoms with Crippen LogP contribution in [-0.4, -0.2) is 18.0 Å². The number of benzene rings is 1. The van der Waals surface area contributed by atoms with Crippen molar-refractivity contribution in [2.45, 2.75) is 50.8 Å². The van der Waals surface area contributed by atoms with Crippen LogP contribution >= 0.6 is 11.6 Å². The maximum atomic E-state index is 11.3. The third-order valence-corrected chi connectivity index (χ3v) is 3.18. The Bertz CT molecular complexity index is 349. The molecule has 0 amide bonds. The predicted molar refractivity (Wildman–Crippen MR) is 79.5 cm³/mol. The summed E-state index contributed by atoms with van der Waals surface area (Å²) in [5.74, 6) is -0.129. The van der Waals surface area contributed by atoms with Gasteiger partial charge >= 0.3 is 5.97 Å². The monoisotopic (exact) mass is 282 g/mol. The summed E-state index contributed by atoms with van der Waals surface area (Å²) >= 11 is 5.77. The average Bonchev–Trinajstić information content (AvgIpc) is 2.41. The van der Waals surface area contributed by atoms with Gasteiger partial charge in [0.25, 0.3) is 0 Å². The first-order chi connectivity index (χ1) is 9.18. The first-order valence-electron chi connectivity index (χ1n) is 7.02. The maximum Gasteiger partial charge on any atom is 0.305 e. The fourth-order valence-electron chi connectivity index (χ4n) is 1.83. The number of ether oxygens (including phenoxy) is 1. The molecular weight excluding hydrogens is 260 g/mol. The number of alkyl halides is 1. The molecule has 0 spiro atoms. The van der Waals surface area contributed by atoms with E-state index in [4.69, 9.17) is 16.3 Å². The van der Waals surface area contributed by atoms with Crippen LogP contribution in [0, 0.1) is 0 Å². The van der Waals surface area contributed by atoms with Crippen LogP contribution in [-0.2, 0) is 16.0 Å². The van der Waals surface area contributed by atoms with Gasteiger partial charge in [-0.1, -0.05) is 30.3 Å². The molecule has 19 heavy (non-hydrogen) atoms. The molecule has 0 heterocycles. The molecule has 0 aliphatic carbocycles. The van der Waals surface area contributed by atoms with E-state index in [1.54, 1.807) is 0 Å². The van der Waals surface area contributed by atoms with Crippen molar-refractivity contribution in [3.8, 4) is 0 Å². The highest BCUT2D eigenvalue weighted by Crippen LogP contribution is 2.07. The number of esters is 1. The molecule has 0 fully saturated rings. The fourth-order valence-corrected chi connectivity index (χ4v) is 1.94. The molecule has 1 aromatic carbocycles. The van der Waals surface area contributed by atoms with Gasteiger partial charge in [0.05, 0.1) is 6.61 Å². The third-order valence-electron chi connectivity index (χ3n) is 2.96. The second kappa shape index (κ2) is 9.85. The smallest absolute Gasteiger partial charge is 0.305 e. The Labute approximate surface area is 121 Å². The first-order valence-corrected chi connectivity index (χ1v) is 7.45. The van der Waals surface area contributed by atoms with E-state index in [1.165, 1.54) is 5.56 Å². The second-order valence-corrected chi connectivity index (χ2v) is 5.58. The topological polar surface area (TPSA) is 26.3 Å². The van der Waals surface area contributed by atoms with E-state index in [1.807, 2.05) is 13.0 Å². The van der Waals surface area contributed by atoms with Crippen molar-refractivity contribution in [3.05, 3.63) is 35.9 Å². The molecule has 0 radical (unpaired) electrons. The van der Waals surface area contributed by atoms with Gasteiger partial charge in [0.15, 0.2) is 0 Å². The van der Waals surface area contributed by atoms with Crippen LogP contribution in [0.4, 0.5) is 0 Å². The number of aryl methyl sites for hydroxylation is 1. The first kappa shape index (κ1) is 16.0. The lowest BCUT2D eigenvalue weighted by molar-refractivity contribution is -0.143. The number of carbonyl (C=O) groups is 1. The molecular formula is C16H23ClO2. The van der Waals surface area contributed by atoms with Gasteiger partial charge in [-0.25, -0.2) is 0 Å². The molecule has 0 aromatic heterocycles. The summed E-state index contributed by atoms with van der Waals surface area (Å²) < 4.78 is 5.15. The van der Waals surface area contributed by atoms with Crippen molar-refractivity contribution >= 4 is 17.6 Å². The molecule has 1 rings (SSSR count). The number of hydrogen-bond acceptors (Lipinski definition) is 2. The lowest BCUT2D eigenvalue weighted by atomic mass is 10.1. The van der Waals surface area contributed by atoms with E-state index in [9.17, 15) is 4.79 Å². The van der Waals surface area contributed by atoms with E-state index in [2.05, 4.69) is 24.3 Å².